The van der Waals surface area contributed by atoms with Gasteiger partial charge in [-0.05, 0) is 142 Å². The van der Waals surface area contributed by atoms with E-state index in [1.807, 2.05) is 30.3 Å². The van der Waals surface area contributed by atoms with Crippen molar-refractivity contribution in [1.29, 1.82) is 0 Å². The lowest BCUT2D eigenvalue weighted by atomic mass is 9.65. The Kier molecular flexibility index (Phi) is 15.2. The van der Waals surface area contributed by atoms with Crippen molar-refractivity contribution in [1.82, 2.24) is 0 Å². The summed E-state index contributed by atoms with van der Waals surface area (Å²) >= 11 is 0. The van der Waals surface area contributed by atoms with Crippen LogP contribution in [0.5, 0.6) is 0 Å². The number of unbranched alkanes of at least 4 members (excludes halogenated alkanes) is 1. The summed E-state index contributed by atoms with van der Waals surface area (Å²) in [6.07, 6.45) is 14.9. The minimum absolute atomic E-state index is 0.0625. The lowest BCUT2D eigenvalue weighted by Crippen LogP contribution is -2.49. The third-order valence-corrected chi connectivity index (χ3v) is 22.8. The van der Waals surface area contributed by atoms with E-state index in [9.17, 15) is 4.79 Å². The molecule has 4 rings (SSSR count). The number of ether oxygens (including phenoxy) is 3. The van der Waals surface area contributed by atoms with E-state index >= 15 is 0 Å². The summed E-state index contributed by atoms with van der Waals surface area (Å²) in [7, 11) is -2.43. The van der Waals surface area contributed by atoms with E-state index in [4.69, 9.17) is 29.6 Å². The molecular formula is C47H77NO6Si2. The maximum absolute atomic E-state index is 13.4. The molecule has 1 aromatic carbocycles. The zero-order chi connectivity index (χ0) is 41.7. The second-order valence-corrected chi connectivity index (χ2v) is 30.1. The molecule has 0 bridgehead atoms. The summed E-state index contributed by atoms with van der Waals surface area (Å²) in [5.74, 6) is 0.269. The molecule has 56 heavy (non-hydrogen) atoms. The molecule has 3 saturated carbocycles. The van der Waals surface area contributed by atoms with Crippen LogP contribution in [0, 0.1) is 11.3 Å². The first-order chi connectivity index (χ1) is 25.9. The van der Waals surface area contributed by atoms with Gasteiger partial charge in [-0.1, -0.05) is 97.0 Å². The summed E-state index contributed by atoms with van der Waals surface area (Å²) in [4.78, 5) is 13.4. The van der Waals surface area contributed by atoms with Gasteiger partial charge in [0.1, 0.15) is 12.9 Å². The molecule has 0 aliphatic heterocycles. The van der Waals surface area contributed by atoms with Crippen LogP contribution in [0.15, 0.2) is 77.4 Å². The number of allylic oxidation sites excluding steroid dienone is 4. The van der Waals surface area contributed by atoms with Gasteiger partial charge in [-0.2, -0.15) is 0 Å². The molecule has 314 valence electrons. The quantitative estimate of drug-likeness (QED) is 0.0873. The summed E-state index contributed by atoms with van der Waals surface area (Å²) < 4.78 is 31.7. The second-order valence-electron chi connectivity index (χ2n) is 20.6. The highest BCUT2D eigenvalue weighted by atomic mass is 28.4. The molecule has 3 fully saturated rings. The lowest BCUT2D eigenvalue weighted by Gasteiger charge is -2.45. The Bertz CT molecular complexity index is 1600. The molecule has 1 aromatic rings. The van der Waals surface area contributed by atoms with Crippen molar-refractivity contribution in [3.05, 3.63) is 77.4 Å². The van der Waals surface area contributed by atoms with Crippen molar-refractivity contribution in [3.8, 4) is 0 Å². The molecule has 0 heterocycles. The van der Waals surface area contributed by atoms with Gasteiger partial charge < -0.3 is 23.1 Å². The first-order valence-corrected chi connectivity index (χ1v) is 27.0. The SMILES string of the molecule is C=C1/C(=C\C=C2\CCC[C@]3(C)/C(=C\CCCC(C)(C)OCOC)[C@H](OC(=O)Nc4ccccc4)C[C@@H]23)C[C@@H](O[Si](C)(C)C(C)(C)C)C[C@@H]1O[Si](C)(C)C(C)(C)C. The molecule has 0 saturated heterocycles. The van der Waals surface area contributed by atoms with Crippen LogP contribution in [-0.2, 0) is 23.1 Å². The molecule has 0 aromatic heterocycles. The molecule has 0 unspecified atom stereocenters. The number of fused-ring (bicyclic) bond motifs is 1. The number of benzene rings is 1. The number of hydrogen-bond acceptors (Lipinski definition) is 6. The van der Waals surface area contributed by atoms with E-state index in [1.54, 1.807) is 7.11 Å². The van der Waals surface area contributed by atoms with E-state index in [0.717, 1.165) is 69.0 Å². The number of carbonyl (C=O) groups excluding carboxylic acids is 1. The molecule has 9 heteroatoms. The topological polar surface area (TPSA) is 75.3 Å². The van der Waals surface area contributed by atoms with Gasteiger partial charge in [0, 0.05) is 19.2 Å². The molecule has 5 atom stereocenters. The number of methoxy groups -OCH3 is 1. The largest absolute Gasteiger partial charge is 0.441 e. The van der Waals surface area contributed by atoms with Gasteiger partial charge >= 0.3 is 6.09 Å². The number of amides is 1. The fraction of sp³-hybridized carbons (Fsp3) is 0.681. The van der Waals surface area contributed by atoms with Crippen molar-refractivity contribution >= 4 is 28.4 Å². The molecule has 0 spiro atoms. The van der Waals surface area contributed by atoms with Crippen molar-refractivity contribution < 1.29 is 27.9 Å². The predicted molar refractivity (Wildman–Crippen MR) is 238 cm³/mol. The molecule has 3 aliphatic rings. The van der Waals surface area contributed by atoms with Gasteiger partial charge in [-0.3, -0.25) is 5.32 Å². The summed E-state index contributed by atoms with van der Waals surface area (Å²) in [5, 5.41) is 3.18. The van der Waals surface area contributed by atoms with Crippen LogP contribution < -0.4 is 5.32 Å². The Balaban J connectivity index is 1.65. The molecule has 1 amide bonds. The highest BCUT2D eigenvalue weighted by molar-refractivity contribution is 6.74. The summed E-state index contributed by atoms with van der Waals surface area (Å²) in [6, 6.07) is 9.55. The first kappa shape index (κ1) is 46.4. The summed E-state index contributed by atoms with van der Waals surface area (Å²) in [6.45, 7) is 34.9. The fourth-order valence-electron chi connectivity index (χ4n) is 8.20. The third-order valence-electron chi connectivity index (χ3n) is 13.8. The van der Waals surface area contributed by atoms with E-state index in [-0.39, 0.29) is 52.1 Å². The highest BCUT2D eigenvalue weighted by Crippen LogP contribution is 2.58. The van der Waals surface area contributed by atoms with Gasteiger partial charge in [-0.25, -0.2) is 4.79 Å². The van der Waals surface area contributed by atoms with Crippen LogP contribution in [-0.4, -0.2) is 60.5 Å². The maximum atomic E-state index is 13.4. The number of para-hydroxylation sites is 1. The van der Waals surface area contributed by atoms with E-state index in [2.05, 4.69) is 112 Å². The first-order valence-electron chi connectivity index (χ1n) is 21.2. The van der Waals surface area contributed by atoms with Crippen LogP contribution in [0.4, 0.5) is 10.5 Å². The molecule has 0 radical (unpaired) electrons. The van der Waals surface area contributed by atoms with Gasteiger partial charge in [0.2, 0.25) is 0 Å². The van der Waals surface area contributed by atoms with Crippen LogP contribution in [0.3, 0.4) is 0 Å². The number of hydrogen-bond donors (Lipinski definition) is 1. The predicted octanol–water partition coefficient (Wildman–Crippen LogP) is 13.3. The smallest absolute Gasteiger partial charge is 0.412 e. The van der Waals surface area contributed by atoms with Crippen LogP contribution in [0.1, 0.15) is 120 Å². The zero-order valence-electron chi connectivity index (χ0n) is 37.7. The number of carbonyl (C=O) groups is 1. The fourth-order valence-corrected chi connectivity index (χ4v) is 10.9. The normalized spacial score (nSPS) is 27.5. The van der Waals surface area contributed by atoms with Gasteiger partial charge in [0.05, 0.1) is 17.8 Å². The zero-order valence-corrected chi connectivity index (χ0v) is 39.7. The van der Waals surface area contributed by atoms with Crippen LogP contribution in [0.25, 0.3) is 0 Å². The lowest BCUT2D eigenvalue weighted by molar-refractivity contribution is -0.117. The molecule has 1 N–H and O–H groups in total. The van der Waals surface area contributed by atoms with Crippen LogP contribution in [0.2, 0.25) is 36.3 Å². The minimum atomic E-state index is -2.07. The Morgan fingerprint density at radius 3 is 2.20 bits per heavy atom. The standard InChI is InChI=1S/C47H77NO6Si2/c1-34-36(30-38(53-55(12,13)44(2,3)4)31-41(34)54-56(14,15)45(5,6)7)27-26-35-22-21-29-47(10)39(25-19-20-28-46(8,9)51-33-50-11)42(32-40(35)47)52-43(49)48-37-23-17-16-18-24-37/h16-18,23-27,38,40-42H,1,19-22,28-33H2,2-15H3,(H,48,49)/b35-26-,36-27-,39-25-/t38-,40+,41+,42-,47-/m1/s1. The average molecular weight is 808 g/mol. The third kappa shape index (κ3) is 11.7. The van der Waals surface area contributed by atoms with Gasteiger partial charge in [0.25, 0.3) is 0 Å². The highest BCUT2D eigenvalue weighted by Gasteiger charge is 2.52. The minimum Gasteiger partial charge on any atom is -0.441 e. The molecule has 3 aliphatic carbocycles. The Labute approximate surface area is 343 Å². The van der Waals surface area contributed by atoms with Gasteiger partial charge in [-0.15, -0.1) is 0 Å². The molecular weight excluding hydrogens is 731 g/mol. The van der Waals surface area contributed by atoms with Crippen molar-refractivity contribution in [2.24, 2.45) is 11.3 Å². The maximum Gasteiger partial charge on any atom is 0.412 e. The average Bonchev–Trinajstić information content (AvgIpc) is 3.36. The van der Waals surface area contributed by atoms with Gasteiger partial charge in [0.15, 0.2) is 16.6 Å². The number of anilines is 1. The Morgan fingerprint density at radius 1 is 0.929 bits per heavy atom. The Hall–Kier alpha value is -2.28. The van der Waals surface area contributed by atoms with E-state index in [1.165, 1.54) is 16.7 Å². The number of rotatable bonds is 14. The number of nitrogens with one attached hydrogen (secondary N) is 1. The second kappa shape index (κ2) is 18.3. The van der Waals surface area contributed by atoms with Crippen molar-refractivity contribution in [3.63, 3.8) is 0 Å². The Morgan fingerprint density at radius 2 is 1.57 bits per heavy atom. The van der Waals surface area contributed by atoms with Crippen molar-refractivity contribution in [2.45, 2.75) is 180 Å². The van der Waals surface area contributed by atoms with Crippen molar-refractivity contribution in [2.75, 3.05) is 19.2 Å². The van der Waals surface area contributed by atoms with Crippen LogP contribution >= 0.6 is 0 Å². The monoisotopic (exact) mass is 808 g/mol. The van der Waals surface area contributed by atoms with E-state index in [0.29, 0.717) is 0 Å². The molecule has 7 nitrogen and oxygen atoms in total. The summed E-state index contributed by atoms with van der Waals surface area (Å²) in [5.41, 5.74) is 5.38. The van der Waals surface area contributed by atoms with E-state index < -0.39 is 22.7 Å².